The van der Waals surface area contributed by atoms with Crippen LogP contribution in [0.4, 0.5) is 0 Å². The molecule has 1 unspecified atom stereocenters. The zero-order valence-electron chi connectivity index (χ0n) is 10.0. The van der Waals surface area contributed by atoms with Crippen molar-refractivity contribution >= 4 is 0 Å². The smallest absolute Gasteiger partial charge is 0.0875 e. The molecule has 2 heterocycles. The van der Waals surface area contributed by atoms with E-state index in [0.29, 0.717) is 18.5 Å². The average molecular weight is 224 g/mol. The molecule has 1 aromatic heterocycles. The van der Waals surface area contributed by atoms with Crippen molar-refractivity contribution in [1.82, 2.24) is 15.0 Å². The molecule has 1 aliphatic heterocycles. The van der Waals surface area contributed by atoms with Gasteiger partial charge in [0, 0.05) is 25.0 Å². The Hall–Kier alpha value is -0.940. The molecule has 0 amide bonds. The minimum atomic E-state index is 0.342. The summed E-state index contributed by atoms with van der Waals surface area (Å²) in [4.78, 5) is 0. The van der Waals surface area contributed by atoms with Crippen LogP contribution in [0.2, 0.25) is 0 Å². The zero-order chi connectivity index (χ0) is 11.5. The average Bonchev–Trinajstić information content (AvgIpc) is 2.84. The molecule has 16 heavy (non-hydrogen) atoms. The summed E-state index contributed by atoms with van der Waals surface area (Å²) in [6, 6.07) is 0.342. The normalized spacial score (nSPS) is 20.9. The van der Waals surface area contributed by atoms with Gasteiger partial charge in [-0.2, -0.15) is 0 Å². The summed E-state index contributed by atoms with van der Waals surface area (Å²) < 4.78 is 7.47. The monoisotopic (exact) mass is 224 g/mol. The molecule has 2 N–H and O–H groups in total. The molecule has 0 bridgehead atoms. The van der Waals surface area contributed by atoms with Crippen molar-refractivity contribution in [2.45, 2.75) is 38.6 Å². The number of nitrogens with two attached hydrogens (primary N) is 1. The van der Waals surface area contributed by atoms with Gasteiger partial charge in [0.25, 0.3) is 0 Å². The van der Waals surface area contributed by atoms with Crippen LogP contribution >= 0.6 is 0 Å². The Morgan fingerprint density at radius 1 is 1.56 bits per heavy atom. The standard InChI is InChI=1S/C11H20N4O/c1-8(2)15-11(9-4-6-16-7-9)10(3-5-12)13-14-15/h8-9H,3-7,12H2,1-2H3. The van der Waals surface area contributed by atoms with Crippen molar-refractivity contribution in [3.8, 4) is 0 Å². The Morgan fingerprint density at radius 2 is 2.38 bits per heavy atom. The van der Waals surface area contributed by atoms with Crippen molar-refractivity contribution in [3.05, 3.63) is 11.4 Å². The minimum absolute atomic E-state index is 0.342. The van der Waals surface area contributed by atoms with Gasteiger partial charge < -0.3 is 10.5 Å². The minimum Gasteiger partial charge on any atom is -0.381 e. The third-order valence-electron chi connectivity index (χ3n) is 2.99. The first-order chi connectivity index (χ1) is 7.74. The highest BCUT2D eigenvalue weighted by Gasteiger charge is 2.26. The highest BCUT2D eigenvalue weighted by Crippen LogP contribution is 2.28. The van der Waals surface area contributed by atoms with E-state index in [1.165, 1.54) is 5.69 Å². The first kappa shape index (κ1) is 11.5. The highest BCUT2D eigenvalue weighted by atomic mass is 16.5. The molecule has 5 nitrogen and oxygen atoms in total. The van der Waals surface area contributed by atoms with Crippen molar-refractivity contribution in [2.75, 3.05) is 19.8 Å². The molecule has 0 spiro atoms. The van der Waals surface area contributed by atoms with Crippen LogP contribution in [0.1, 0.15) is 43.6 Å². The molecule has 0 radical (unpaired) electrons. The SMILES string of the molecule is CC(C)n1nnc(CCN)c1C1CCOC1. The Morgan fingerprint density at radius 3 is 2.94 bits per heavy atom. The molecule has 1 fully saturated rings. The van der Waals surface area contributed by atoms with Crippen LogP contribution < -0.4 is 5.73 Å². The maximum atomic E-state index is 5.61. The molecule has 1 aliphatic rings. The number of hydrogen-bond acceptors (Lipinski definition) is 4. The van der Waals surface area contributed by atoms with Gasteiger partial charge in [-0.05, 0) is 26.8 Å². The zero-order valence-corrected chi connectivity index (χ0v) is 10.0. The van der Waals surface area contributed by atoms with E-state index < -0.39 is 0 Å². The van der Waals surface area contributed by atoms with Gasteiger partial charge >= 0.3 is 0 Å². The van der Waals surface area contributed by atoms with Gasteiger partial charge in [-0.1, -0.05) is 5.21 Å². The van der Waals surface area contributed by atoms with E-state index >= 15 is 0 Å². The second-order valence-electron chi connectivity index (χ2n) is 4.56. The van der Waals surface area contributed by atoms with Crippen molar-refractivity contribution in [1.29, 1.82) is 0 Å². The molecule has 1 aromatic rings. The van der Waals surface area contributed by atoms with E-state index in [2.05, 4.69) is 24.2 Å². The fraction of sp³-hybridized carbons (Fsp3) is 0.818. The summed E-state index contributed by atoms with van der Waals surface area (Å²) in [6.07, 6.45) is 1.87. The lowest BCUT2D eigenvalue weighted by molar-refractivity contribution is 0.192. The largest absolute Gasteiger partial charge is 0.381 e. The van der Waals surface area contributed by atoms with Crippen LogP contribution in [-0.2, 0) is 11.2 Å². The summed E-state index contributed by atoms with van der Waals surface area (Å²) in [5.41, 5.74) is 7.89. The molecular weight excluding hydrogens is 204 g/mol. The van der Waals surface area contributed by atoms with Crippen molar-refractivity contribution < 1.29 is 4.74 Å². The third-order valence-corrected chi connectivity index (χ3v) is 2.99. The molecule has 0 aromatic carbocycles. The summed E-state index contributed by atoms with van der Waals surface area (Å²) in [5, 5.41) is 8.48. The van der Waals surface area contributed by atoms with Gasteiger partial charge in [-0.25, -0.2) is 4.68 Å². The number of rotatable bonds is 4. The number of aromatic nitrogens is 3. The molecule has 5 heteroatoms. The van der Waals surface area contributed by atoms with Gasteiger partial charge in [0.2, 0.25) is 0 Å². The first-order valence-corrected chi connectivity index (χ1v) is 5.95. The maximum Gasteiger partial charge on any atom is 0.0875 e. The fourth-order valence-electron chi connectivity index (χ4n) is 2.20. The molecule has 2 rings (SSSR count). The molecule has 90 valence electrons. The van der Waals surface area contributed by atoms with Crippen LogP contribution in [0.5, 0.6) is 0 Å². The summed E-state index contributed by atoms with van der Waals surface area (Å²) in [7, 11) is 0. The van der Waals surface area contributed by atoms with Gasteiger partial charge in [0.15, 0.2) is 0 Å². The Bertz CT molecular complexity index is 342. The van der Waals surface area contributed by atoms with E-state index in [4.69, 9.17) is 10.5 Å². The maximum absolute atomic E-state index is 5.61. The predicted octanol–water partition coefficient (Wildman–Crippen LogP) is 0.864. The molecule has 0 saturated carbocycles. The second kappa shape index (κ2) is 4.93. The van der Waals surface area contributed by atoms with Crippen molar-refractivity contribution in [3.63, 3.8) is 0 Å². The quantitative estimate of drug-likeness (QED) is 0.824. The fourth-order valence-corrected chi connectivity index (χ4v) is 2.20. The van der Waals surface area contributed by atoms with Crippen LogP contribution in [0, 0.1) is 0 Å². The Labute approximate surface area is 96.0 Å². The number of hydrogen-bond donors (Lipinski definition) is 1. The molecule has 1 saturated heterocycles. The topological polar surface area (TPSA) is 66.0 Å². The number of nitrogens with zero attached hydrogens (tertiary/aromatic N) is 3. The van der Waals surface area contributed by atoms with Crippen LogP contribution in [0.25, 0.3) is 0 Å². The van der Waals surface area contributed by atoms with E-state index in [0.717, 1.165) is 31.7 Å². The predicted molar refractivity (Wildman–Crippen MR) is 61.3 cm³/mol. The van der Waals surface area contributed by atoms with Crippen LogP contribution in [0.15, 0.2) is 0 Å². The van der Waals surface area contributed by atoms with E-state index in [1.807, 2.05) is 4.68 Å². The molecule has 1 atom stereocenters. The molecular formula is C11H20N4O. The summed E-state index contributed by atoms with van der Waals surface area (Å²) in [5.74, 6) is 0.443. The third kappa shape index (κ3) is 2.10. The lowest BCUT2D eigenvalue weighted by atomic mass is 10.0. The van der Waals surface area contributed by atoms with Gasteiger partial charge in [0.1, 0.15) is 0 Å². The van der Waals surface area contributed by atoms with E-state index in [-0.39, 0.29) is 0 Å². The lowest BCUT2D eigenvalue weighted by Crippen LogP contribution is -2.14. The summed E-state index contributed by atoms with van der Waals surface area (Å²) >= 11 is 0. The van der Waals surface area contributed by atoms with Crippen LogP contribution in [-0.4, -0.2) is 34.8 Å². The van der Waals surface area contributed by atoms with Gasteiger partial charge in [-0.15, -0.1) is 5.10 Å². The van der Waals surface area contributed by atoms with E-state index in [9.17, 15) is 0 Å². The lowest BCUT2D eigenvalue weighted by Gasteiger charge is -2.15. The second-order valence-corrected chi connectivity index (χ2v) is 4.56. The van der Waals surface area contributed by atoms with Crippen LogP contribution in [0.3, 0.4) is 0 Å². The Kier molecular flexibility index (Phi) is 3.56. The van der Waals surface area contributed by atoms with E-state index in [1.54, 1.807) is 0 Å². The van der Waals surface area contributed by atoms with Crippen molar-refractivity contribution in [2.24, 2.45) is 5.73 Å². The number of ether oxygens (including phenoxy) is 1. The van der Waals surface area contributed by atoms with Gasteiger partial charge in [0.05, 0.1) is 18.0 Å². The Balaban J connectivity index is 2.32. The molecule has 0 aliphatic carbocycles. The first-order valence-electron chi connectivity index (χ1n) is 5.95. The highest BCUT2D eigenvalue weighted by molar-refractivity contribution is 5.18. The summed E-state index contributed by atoms with van der Waals surface area (Å²) in [6.45, 7) is 6.51. The van der Waals surface area contributed by atoms with Gasteiger partial charge in [-0.3, -0.25) is 0 Å².